The number of fused-ring (bicyclic) bond motifs is 1. The van der Waals surface area contributed by atoms with E-state index in [0.29, 0.717) is 40.1 Å². The molecule has 2 aromatic rings. The van der Waals surface area contributed by atoms with Crippen LogP contribution in [-0.2, 0) is 14.4 Å². The quantitative estimate of drug-likeness (QED) is 0.418. The van der Waals surface area contributed by atoms with Gasteiger partial charge >= 0.3 is 6.09 Å². The number of pyridine rings is 1. The van der Waals surface area contributed by atoms with E-state index in [-0.39, 0.29) is 25.9 Å². The number of ether oxygens (including phenoxy) is 1. The lowest BCUT2D eigenvalue weighted by Gasteiger charge is -2.34. The Hall–Kier alpha value is -3.01. The van der Waals surface area contributed by atoms with Crippen LogP contribution in [0.2, 0.25) is 0 Å². The minimum Gasteiger partial charge on any atom is -0.444 e. The van der Waals surface area contributed by atoms with Gasteiger partial charge in [-0.3, -0.25) is 14.9 Å². The Bertz CT molecular complexity index is 1100. The van der Waals surface area contributed by atoms with Gasteiger partial charge in [-0.15, -0.1) is 0 Å². The lowest BCUT2D eigenvalue weighted by Crippen LogP contribution is -2.39. The van der Waals surface area contributed by atoms with Gasteiger partial charge in [0.05, 0.1) is 16.8 Å². The zero-order chi connectivity index (χ0) is 26.2. The molecule has 0 atom stereocenters. The highest BCUT2D eigenvalue weighted by Gasteiger charge is 2.35. The summed E-state index contributed by atoms with van der Waals surface area (Å²) in [6.07, 6.45) is -0.652. The smallest absolute Gasteiger partial charge is 0.412 e. The van der Waals surface area contributed by atoms with Crippen LogP contribution in [0.25, 0.3) is 10.9 Å². The second kappa shape index (κ2) is 9.56. The van der Waals surface area contributed by atoms with Crippen molar-refractivity contribution < 1.29 is 27.9 Å². The Morgan fingerprint density at radius 1 is 1.11 bits per heavy atom. The summed E-state index contributed by atoms with van der Waals surface area (Å²) in [5, 5.41) is 4.48. The third kappa shape index (κ3) is 7.00. The van der Waals surface area contributed by atoms with Gasteiger partial charge in [0.1, 0.15) is 5.60 Å². The van der Waals surface area contributed by atoms with Gasteiger partial charge in [-0.1, -0.05) is 0 Å². The van der Waals surface area contributed by atoms with Crippen molar-refractivity contribution in [2.45, 2.75) is 78.4 Å². The van der Waals surface area contributed by atoms with Crippen LogP contribution in [0.15, 0.2) is 18.2 Å². The van der Waals surface area contributed by atoms with Gasteiger partial charge < -0.3 is 9.64 Å². The number of nitrogens with zero attached hydrogens (tertiary/aromatic N) is 3. The number of amides is 2. The van der Waals surface area contributed by atoms with E-state index < -0.39 is 23.2 Å². The highest BCUT2D eigenvalue weighted by molar-refractivity contribution is 5.99. The molecule has 0 radical (unpaired) electrons. The van der Waals surface area contributed by atoms with Gasteiger partial charge in [0.15, 0.2) is 5.82 Å². The van der Waals surface area contributed by atoms with E-state index >= 15 is 0 Å². The van der Waals surface area contributed by atoms with E-state index in [4.69, 9.17) is 14.6 Å². The Morgan fingerprint density at radius 3 is 2.29 bits per heavy atom. The maximum absolute atomic E-state index is 13.9. The minimum absolute atomic E-state index is 0.124. The summed E-state index contributed by atoms with van der Waals surface area (Å²) in [6, 6.07) is 5.25. The van der Waals surface area contributed by atoms with E-state index in [0.717, 1.165) is 5.06 Å². The number of rotatable bonds is 5. The first-order chi connectivity index (χ1) is 16.1. The largest absolute Gasteiger partial charge is 0.444 e. The molecule has 0 bridgehead atoms. The van der Waals surface area contributed by atoms with E-state index in [9.17, 15) is 18.4 Å². The topological polar surface area (TPSA) is 84.0 Å². The van der Waals surface area contributed by atoms with Crippen molar-refractivity contribution in [3.63, 3.8) is 0 Å². The van der Waals surface area contributed by atoms with Crippen molar-refractivity contribution in [3.8, 4) is 0 Å². The van der Waals surface area contributed by atoms with Crippen molar-refractivity contribution in [1.29, 1.82) is 0 Å². The molecule has 8 nitrogen and oxygen atoms in total. The van der Waals surface area contributed by atoms with E-state index in [1.165, 1.54) is 0 Å². The first-order valence-corrected chi connectivity index (χ1v) is 11.6. The molecule has 0 aliphatic carbocycles. The number of anilines is 3. The van der Waals surface area contributed by atoms with Crippen molar-refractivity contribution in [2.75, 3.05) is 28.4 Å². The summed E-state index contributed by atoms with van der Waals surface area (Å²) in [5.41, 5.74) is 0.875. The molecular formula is C25H34F2N4O4. The third-order valence-electron chi connectivity index (χ3n) is 5.22. The zero-order valence-electron chi connectivity index (χ0n) is 21.4. The van der Waals surface area contributed by atoms with Gasteiger partial charge in [0.25, 0.3) is 5.92 Å². The SMILES string of the molecule is Cc1cc2cc(NC(=O)OC(C)(C)C)cc(N3CCC(F)(F)CC3)c2nc1N(C=O)OC(C)(C)C. The number of aromatic nitrogens is 1. The van der Waals surface area contributed by atoms with Gasteiger partial charge in [0, 0.05) is 37.0 Å². The molecule has 192 valence electrons. The van der Waals surface area contributed by atoms with Crippen LogP contribution in [0, 0.1) is 6.92 Å². The molecule has 2 amide bonds. The molecule has 0 spiro atoms. The fraction of sp³-hybridized carbons (Fsp3) is 0.560. The Balaban J connectivity index is 2.10. The number of alkyl halides is 2. The number of hydrogen-bond acceptors (Lipinski definition) is 6. The molecule has 1 aromatic heterocycles. The fourth-order valence-corrected chi connectivity index (χ4v) is 3.81. The van der Waals surface area contributed by atoms with E-state index in [1.54, 1.807) is 39.8 Å². The molecule has 0 unspecified atom stereocenters. The molecule has 1 fully saturated rings. The average Bonchev–Trinajstić information content (AvgIpc) is 2.69. The number of aryl methyl sites for hydroxylation is 1. The number of halogens is 2. The van der Waals surface area contributed by atoms with Gasteiger partial charge in [-0.05, 0) is 72.2 Å². The highest BCUT2D eigenvalue weighted by atomic mass is 19.3. The molecule has 10 heteroatoms. The van der Waals surface area contributed by atoms with Crippen LogP contribution >= 0.6 is 0 Å². The van der Waals surface area contributed by atoms with Gasteiger partial charge in [0.2, 0.25) is 6.41 Å². The highest BCUT2D eigenvalue weighted by Crippen LogP contribution is 2.37. The molecule has 2 heterocycles. The first kappa shape index (κ1) is 26.6. The van der Waals surface area contributed by atoms with Crippen LogP contribution in [0.3, 0.4) is 0 Å². The maximum Gasteiger partial charge on any atom is 0.412 e. The third-order valence-corrected chi connectivity index (χ3v) is 5.22. The fourth-order valence-electron chi connectivity index (χ4n) is 3.81. The molecular weight excluding hydrogens is 458 g/mol. The summed E-state index contributed by atoms with van der Waals surface area (Å²) >= 11 is 0. The molecule has 1 aliphatic heterocycles. The van der Waals surface area contributed by atoms with E-state index in [2.05, 4.69) is 5.32 Å². The number of hydrogen-bond donors (Lipinski definition) is 1. The summed E-state index contributed by atoms with van der Waals surface area (Å²) in [4.78, 5) is 36.5. The maximum atomic E-state index is 13.9. The summed E-state index contributed by atoms with van der Waals surface area (Å²) in [5.74, 6) is -2.42. The number of hydroxylamine groups is 1. The zero-order valence-corrected chi connectivity index (χ0v) is 21.4. The molecule has 0 saturated carbocycles. The molecule has 3 rings (SSSR count). The van der Waals surface area contributed by atoms with Crippen molar-refractivity contribution in [2.24, 2.45) is 0 Å². The van der Waals surface area contributed by atoms with Crippen LogP contribution in [0.1, 0.15) is 59.9 Å². The van der Waals surface area contributed by atoms with Gasteiger partial charge in [-0.2, -0.15) is 5.06 Å². The molecule has 1 saturated heterocycles. The molecule has 1 aromatic carbocycles. The Kier molecular flexibility index (Phi) is 7.26. The monoisotopic (exact) mass is 492 g/mol. The Morgan fingerprint density at radius 2 is 1.74 bits per heavy atom. The van der Waals surface area contributed by atoms with Crippen LogP contribution in [0.5, 0.6) is 0 Å². The van der Waals surface area contributed by atoms with E-state index in [1.807, 2.05) is 31.7 Å². The summed E-state index contributed by atoms with van der Waals surface area (Å²) in [6.45, 7) is 12.8. The number of carbonyl (C=O) groups is 2. The van der Waals surface area contributed by atoms with Crippen LogP contribution in [0.4, 0.5) is 30.8 Å². The second-order valence-electron chi connectivity index (χ2n) is 10.8. The minimum atomic E-state index is -2.72. The number of nitrogens with one attached hydrogen (secondary N) is 1. The normalized spacial score (nSPS) is 16.2. The van der Waals surface area contributed by atoms with Crippen molar-refractivity contribution >= 4 is 40.6 Å². The standard InChI is InChI=1S/C25H34F2N4O4/c1-16-12-17-13-18(28-22(33)34-23(2,3)4)14-19(30-10-8-25(26,27)9-11-30)20(17)29-21(16)31(15-32)35-24(5,6)7/h12-15H,8-11H2,1-7H3,(H,28,33). The van der Waals surface area contributed by atoms with Crippen LogP contribution < -0.4 is 15.3 Å². The number of benzene rings is 1. The summed E-state index contributed by atoms with van der Waals surface area (Å²) < 4.78 is 33.1. The average molecular weight is 493 g/mol. The van der Waals surface area contributed by atoms with Gasteiger partial charge in [-0.25, -0.2) is 18.6 Å². The molecule has 1 N–H and O–H groups in total. The first-order valence-electron chi connectivity index (χ1n) is 11.6. The second-order valence-corrected chi connectivity index (χ2v) is 10.8. The van der Waals surface area contributed by atoms with Crippen molar-refractivity contribution in [1.82, 2.24) is 4.98 Å². The number of piperidine rings is 1. The number of carbonyl (C=O) groups excluding carboxylic acids is 2. The van der Waals surface area contributed by atoms with Crippen LogP contribution in [-0.4, -0.2) is 47.7 Å². The Labute approximate surface area is 204 Å². The summed E-state index contributed by atoms with van der Waals surface area (Å²) in [7, 11) is 0. The molecule has 35 heavy (non-hydrogen) atoms. The van der Waals surface area contributed by atoms with Crippen molar-refractivity contribution in [3.05, 3.63) is 23.8 Å². The molecule has 1 aliphatic rings. The lowest BCUT2D eigenvalue weighted by molar-refractivity contribution is -0.120. The predicted octanol–water partition coefficient (Wildman–Crippen LogP) is 5.82. The lowest BCUT2D eigenvalue weighted by atomic mass is 10.0. The predicted molar refractivity (Wildman–Crippen MR) is 132 cm³/mol.